The summed E-state index contributed by atoms with van der Waals surface area (Å²) in [6.45, 7) is 2.15. The highest BCUT2D eigenvalue weighted by Crippen LogP contribution is 2.24. The maximum absolute atomic E-state index is 3.18. The Kier molecular flexibility index (Phi) is 4.57. The summed E-state index contributed by atoms with van der Waals surface area (Å²) < 4.78 is 0. The fourth-order valence-electron chi connectivity index (χ4n) is 2.33. The standard InChI is InChI=1S/C15H24N2/c1-16-11-10-13-6-8-14(9-7-13)12-17(2)15-4-3-5-15/h6-9,15-16H,3-5,10-12H2,1-2H3. The maximum Gasteiger partial charge on any atom is 0.0233 e. The molecule has 0 amide bonds. The topological polar surface area (TPSA) is 15.3 Å². The number of nitrogens with one attached hydrogen (secondary N) is 1. The average molecular weight is 232 g/mol. The van der Waals surface area contributed by atoms with E-state index in [1.54, 1.807) is 0 Å². The van der Waals surface area contributed by atoms with Crippen molar-refractivity contribution >= 4 is 0 Å². The SMILES string of the molecule is CNCCc1ccc(CN(C)C2CCC2)cc1. The fraction of sp³-hybridized carbons (Fsp3) is 0.600. The van der Waals surface area contributed by atoms with E-state index < -0.39 is 0 Å². The molecule has 1 aliphatic rings. The molecule has 0 spiro atoms. The number of nitrogens with zero attached hydrogens (tertiary/aromatic N) is 1. The van der Waals surface area contributed by atoms with E-state index in [1.165, 1.54) is 30.4 Å². The second-order valence-electron chi connectivity index (χ2n) is 5.17. The molecule has 0 heterocycles. The van der Waals surface area contributed by atoms with Gasteiger partial charge in [-0.2, -0.15) is 0 Å². The number of hydrogen-bond acceptors (Lipinski definition) is 2. The molecule has 0 aliphatic heterocycles. The summed E-state index contributed by atoms with van der Waals surface area (Å²) in [6.07, 6.45) is 5.31. The molecule has 1 aromatic carbocycles. The van der Waals surface area contributed by atoms with Crippen LogP contribution in [-0.4, -0.2) is 31.6 Å². The minimum Gasteiger partial charge on any atom is -0.319 e. The van der Waals surface area contributed by atoms with Crippen LogP contribution in [0.1, 0.15) is 30.4 Å². The van der Waals surface area contributed by atoms with Crippen molar-refractivity contribution in [1.29, 1.82) is 0 Å². The van der Waals surface area contributed by atoms with Crippen LogP contribution in [0.3, 0.4) is 0 Å². The summed E-state index contributed by atoms with van der Waals surface area (Å²) in [4.78, 5) is 2.49. The van der Waals surface area contributed by atoms with Gasteiger partial charge >= 0.3 is 0 Å². The van der Waals surface area contributed by atoms with E-state index in [4.69, 9.17) is 0 Å². The predicted octanol–water partition coefficient (Wildman–Crippen LogP) is 2.43. The minimum atomic E-state index is 0.832. The van der Waals surface area contributed by atoms with E-state index in [0.717, 1.165) is 25.6 Å². The Labute approximate surface area is 105 Å². The molecule has 0 bridgehead atoms. The molecule has 0 atom stereocenters. The normalized spacial score (nSPS) is 16.2. The highest BCUT2D eigenvalue weighted by Gasteiger charge is 2.21. The van der Waals surface area contributed by atoms with Gasteiger partial charge in [0.2, 0.25) is 0 Å². The molecule has 1 fully saturated rings. The monoisotopic (exact) mass is 232 g/mol. The molecule has 1 aliphatic carbocycles. The number of likely N-dealkylation sites (N-methyl/N-ethyl adjacent to an activating group) is 1. The van der Waals surface area contributed by atoms with Crippen LogP contribution < -0.4 is 5.32 Å². The molecule has 2 heteroatoms. The first kappa shape index (κ1) is 12.6. The van der Waals surface area contributed by atoms with Gasteiger partial charge in [0, 0.05) is 12.6 Å². The molecule has 17 heavy (non-hydrogen) atoms. The third-order valence-electron chi connectivity index (χ3n) is 3.82. The molecule has 0 saturated heterocycles. The molecule has 0 unspecified atom stereocenters. The first-order chi connectivity index (χ1) is 8.29. The largest absolute Gasteiger partial charge is 0.319 e. The van der Waals surface area contributed by atoms with E-state index in [-0.39, 0.29) is 0 Å². The molecule has 2 nitrogen and oxygen atoms in total. The zero-order valence-corrected chi connectivity index (χ0v) is 11.1. The van der Waals surface area contributed by atoms with Crippen LogP contribution in [0.4, 0.5) is 0 Å². The smallest absolute Gasteiger partial charge is 0.0233 e. The van der Waals surface area contributed by atoms with Crippen molar-refractivity contribution in [3.05, 3.63) is 35.4 Å². The van der Waals surface area contributed by atoms with Crippen LogP contribution in [0.25, 0.3) is 0 Å². The van der Waals surface area contributed by atoms with Gasteiger partial charge in [0.1, 0.15) is 0 Å². The van der Waals surface area contributed by atoms with Crippen LogP contribution in [0.5, 0.6) is 0 Å². The molecule has 0 aromatic heterocycles. The lowest BCUT2D eigenvalue weighted by Crippen LogP contribution is -2.36. The molecule has 2 rings (SSSR count). The van der Waals surface area contributed by atoms with E-state index in [9.17, 15) is 0 Å². The van der Waals surface area contributed by atoms with Gasteiger partial charge in [0.05, 0.1) is 0 Å². The van der Waals surface area contributed by atoms with Gasteiger partial charge in [0.25, 0.3) is 0 Å². The molecule has 1 aromatic rings. The average Bonchev–Trinajstić information content (AvgIpc) is 2.26. The highest BCUT2D eigenvalue weighted by atomic mass is 15.1. The minimum absolute atomic E-state index is 0.832. The Balaban J connectivity index is 1.84. The third kappa shape index (κ3) is 3.55. The molecular formula is C15H24N2. The van der Waals surface area contributed by atoms with Crippen molar-refractivity contribution in [3.8, 4) is 0 Å². The van der Waals surface area contributed by atoms with Gasteiger partial charge in [-0.3, -0.25) is 4.90 Å². The van der Waals surface area contributed by atoms with Crippen molar-refractivity contribution in [3.63, 3.8) is 0 Å². The zero-order valence-electron chi connectivity index (χ0n) is 11.1. The first-order valence-electron chi connectivity index (χ1n) is 6.72. The van der Waals surface area contributed by atoms with Crippen molar-refractivity contribution < 1.29 is 0 Å². The van der Waals surface area contributed by atoms with Gasteiger partial charge in [-0.1, -0.05) is 30.7 Å². The first-order valence-corrected chi connectivity index (χ1v) is 6.72. The summed E-state index contributed by atoms with van der Waals surface area (Å²) >= 11 is 0. The summed E-state index contributed by atoms with van der Waals surface area (Å²) in [5.41, 5.74) is 2.86. The van der Waals surface area contributed by atoms with Gasteiger partial charge in [-0.05, 0) is 51.0 Å². The summed E-state index contributed by atoms with van der Waals surface area (Å²) in [5, 5.41) is 3.18. The zero-order chi connectivity index (χ0) is 12.1. The van der Waals surface area contributed by atoms with Crippen molar-refractivity contribution in [1.82, 2.24) is 10.2 Å². The van der Waals surface area contributed by atoms with E-state index in [1.807, 2.05) is 7.05 Å². The summed E-state index contributed by atoms with van der Waals surface area (Å²) in [7, 11) is 4.25. The van der Waals surface area contributed by atoms with Gasteiger partial charge in [0.15, 0.2) is 0 Å². The van der Waals surface area contributed by atoms with Crippen LogP contribution >= 0.6 is 0 Å². The Hall–Kier alpha value is -0.860. The summed E-state index contributed by atoms with van der Waals surface area (Å²) in [6, 6.07) is 9.92. The lowest BCUT2D eigenvalue weighted by Gasteiger charge is -2.34. The fourth-order valence-corrected chi connectivity index (χ4v) is 2.33. The quantitative estimate of drug-likeness (QED) is 0.810. The van der Waals surface area contributed by atoms with Crippen molar-refractivity contribution in [2.24, 2.45) is 0 Å². The molecule has 1 N–H and O–H groups in total. The predicted molar refractivity (Wildman–Crippen MR) is 73.2 cm³/mol. The molecule has 94 valence electrons. The van der Waals surface area contributed by atoms with Crippen LogP contribution in [0.2, 0.25) is 0 Å². The number of benzene rings is 1. The number of rotatable bonds is 6. The van der Waals surface area contributed by atoms with Crippen LogP contribution in [0, 0.1) is 0 Å². The maximum atomic E-state index is 3.18. The van der Waals surface area contributed by atoms with Gasteiger partial charge in [-0.15, -0.1) is 0 Å². The Morgan fingerprint density at radius 3 is 2.35 bits per heavy atom. The van der Waals surface area contributed by atoms with E-state index in [0.29, 0.717) is 0 Å². The Bertz CT molecular complexity index is 327. The van der Waals surface area contributed by atoms with Crippen LogP contribution in [0.15, 0.2) is 24.3 Å². The Morgan fingerprint density at radius 2 is 1.82 bits per heavy atom. The van der Waals surface area contributed by atoms with Crippen molar-refractivity contribution in [2.45, 2.75) is 38.3 Å². The number of hydrogen-bond donors (Lipinski definition) is 1. The van der Waals surface area contributed by atoms with E-state index in [2.05, 4.69) is 41.5 Å². The highest BCUT2D eigenvalue weighted by molar-refractivity contribution is 5.22. The lowest BCUT2D eigenvalue weighted by molar-refractivity contribution is 0.152. The van der Waals surface area contributed by atoms with E-state index >= 15 is 0 Å². The second kappa shape index (κ2) is 6.18. The molecule has 1 saturated carbocycles. The van der Waals surface area contributed by atoms with Crippen LogP contribution in [-0.2, 0) is 13.0 Å². The van der Waals surface area contributed by atoms with Gasteiger partial charge in [-0.25, -0.2) is 0 Å². The molecule has 0 radical (unpaired) electrons. The molecular weight excluding hydrogens is 208 g/mol. The second-order valence-corrected chi connectivity index (χ2v) is 5.17. The van der Waals surface area contributed by atoms with Crippen molar-refractivity contribution in [2.75, 3.05) is 20.6 Å². The third-order valence-corrected chi connectivity index (χ3v) is 3.82. The lowest BCUT2D eigenvalue weighted by atomic mass is 9.91. The van der Waals surface area contributed by atoms with Gasteiger partial charge < -0.3 is 5.32 Å². The Morgan fingerprint density at radius 1 is 1.18 bits per heavy atom. The summed E-state index contributed by atoms with van der Waals surface area (Å²) in [5.74, 6) is 0.